The van der Waals surface area contributed by atoms with Crippen LogP contribution in [0.1, 0.15) is 13.8 Å². The summed E-state index contributed by atoms with van der Waals surface area (Å²) in [7, 11) is 0. The first kappa shape index (κ1) is 11.8. The molecule has 0 spiro atoms. The van der Waals surface area contributed by atoms with Crippen LogP contribution in [0.25, 0.3) is 0 Å². The van der Waals surface area contributed by atoms with E-state index in [1.165, 1.54) is 12.1 Å². The van der Waals surface area contributed by atoms with Gasteiger partial charge in [-0.15, -0.1) is 0 Å². The Balaban J connectivity index is 0. The van der Waals surface area contributed by atoms with E-state index in [0.29, 0.717) is 0 Å². The maximum Gasteiger partial charge on any atom is 0.123 e. The van der Waals surface area contributed by atoms with Crippen molar-refractivity contribution in [2.45, 2.75) is 13.8 Å². The molecule has 58 valence electrons. The second-order valence-corrected chi connectivity index (χ2v) is 1.30. The molecule has 0 N–H and O–H groups in total. The number of hydrogen-bond acceptors (Lipinski definition) is 0. The van der Waals surface area contributed by atoms with Crippen LogP contribution in [-0.2, 0) is 0 Å². The Kier molecular flexibility index (Phi) is 9.56. The fraction of sp³-hybridized carbons (Fsp3) is 0.250. The van der Waals surface area contributed by atoms with Crippen molar-refractivity contribution >= 4 is 0 Å². The van der Waals surface area contributed by atoms with Gasteiger partial charge in [0.05, 0.1) is 0 Å². The summed E-state index contributed by atoms with van der Waals surface area (Å²) < 4.78 is 11.9. The maximum atomic E-state index is 11.9. The monoisotopic (exact) mass is 146 g/mol. The molecule has 0 aromatic heterocycles. The van der Waals surface area contributed by atoms with Gasteiger partial charge in [-0.1, -0.05) is 32.0 Å². The lowest BCUT2D eigenvalue weighted by molar-refractivity contribution is 0.628. The first-order valence-electron chi connectivity index (χ1n) is 3.10. The Morgan fingerprint density at radius 3 is 1.60 bits per heavy atom. The van der Waals surface area contributed by atoms with Gasteiger partial charge in [0.1, 0.15) is 5.82 Å². The molecule has 0 nitrogen and oxygen atoms in total. The second-order valence-electron chi connectivity index (χ2n) is 1.30. The average Bonchev–Trinajstić information content (AvgIpc) is 1.94. The van der Waals surface area contributed by atoms with Gasteiger partial charge < -0.3 is 0 Å². The van der Waals surface area contributed by atoms with E-state index in [9.17, 15) is 4.39 Å². The third kappa shape index (κ3) is 5.22. The van der Waals surface area contributed by atoms with Gasteiger partial charge in [-0.3, -0.25) is 4.70 Å². The molecule has 0 amide bonds. The van der Waals surface area contributed by atoms with Gasteiger partial charge in [-0.2, -0.15) is 0 Å². The number of hydrogen-bond donors (Lipinski definition) is 0. The molecule has 1 aromatic carbocycles. The normalized spacial score (nSPS) is 6.70. The Morgan fingerprint density at radius 2 is 1.40 bits per heavy atom. The summed E-state index contributed by atoms with van der Waals surface area (Å²) in [4.78, 5) is 0. The predicted molar refractivity (Wildman–Crippen MR) is 40.3 cm³/mol. The van der Waals surface area contributed by atoms with Crippen LogP contribution in [0.15, 0.2) is 30.3 Å². The minimum absolute atomic E-state index is 0. The number of halogens is 2. The molecule has 10 heavy (non-hydrogen) atoms. The molecule has 0 aliphatic rings. The minimum atomic E-state index is -0.178. The Labute approximate surface area is 60.1 Å². The molecule has 0 fully saturated rings. The summed E-state index contributed by atoms with van der Waals surface area (Å²) >= 11 is 0. The SMILES string of the molecule is CC.F.Fc1ccccc1. The van der Waals surface area contributed by atoms with E-state index in [-0.39, 0.29) is 10.5 Å². The summed E-state index contributed by atoms with van der Waals surface area (Å²) in [5.74, 6) is -0.178. The molecule has 0 aliphatic carbocycles. The van der Waals surface area contributed by atoms with E-state index in [4.69, 9.17) is 0 Å². The van der Waals surface area contributed by atoms with Crippen LogP contribution in [0.2, 0.25) is 0 Å². The van der Waals surface area contributed by atoms with Crippen molar-refractivity contribution in [1.29, 1.82) is 0 Å². The molecule has 0 bridgehead atoms. The van der Waals surface area contributed by atoms with Crippen LogP contribution in [0.3, 0.4) is 0 Å². The highest BCUT2D eigenvalue weighted by Crippen LogP contribution is 1.91. The van der Waals surface area contributed by atoms with Gasteiger partial charge in [0.25, 0.3) is 0 Å². The zero-order valence-electron chi connectivity index (χ0n) is 6.17. The van der Waals surface area contributed by atoms with Gasteiger partial charge in [0, 0.05) is 0 Å². The Morgan fingerprint density at radius 1 is 1.00 bits per heavy atom. The summed E-state index contributed by atoms with van der Waals surface area (Å²) in [6.07, 6.45) is 0. The minimum Gasteiger partial charge on any atom is -0.269 e. The molecule has 0 unspecified atom stereocenters. The van der Waals surface area contributed by atoms with E-state index < -0.39 is 0 Å². The molecular weight excluding hydrogens is 134 g/mol. The zero-order valence-corrected chi connectivity index (χ0v) is 6.17. The smallest absolute Gasteiger partial charge is 0.123 e. The lowest BCUT2D eigenvalue weighted by Crippen LogP contribution is -1.63. The molecular formula is C8H12F2. The molecule has 2 heteroatoms. The van der Waals surface area contributed by atoms with Gasteiger partial charge in [-0.25, -0.2) is 4.39 Å². The molecule has 1 rings (SSSR count). The van der Waals surface area contributed by atoms with Crippen molar-refractivity contribution in [3.63, 3.8) is 0 Å². The summed E-state index contributed by atoms with van der Waals surface area (Å²) in [6.45, 7) is 4.00. The lowest BCUT2D eigenvalue weighted by atomic mass is 10.4. The van der Waals surface area contributed by atoms with Crippen molar-refractivity contribution in [3.05, 3.63) is 36.1 Å². The van der Waals surface area contributed by atoms with E-state index in [1.54, 1.807) is 18.2 Å². The van der Waals surface area contributed by atoms with Gasteiger partial charge >= 0.3 is 0 Å². The Hall–Kier alpha value is -0.920. The molecule has 0 saturated carbocycles. The highest BCUT2D eigenvalue weighted by atomic mass is 19.1. The maximum absolute atomic E-state index is 11.9. The molecule has 0 radical (unpaired) electrons. The van der Waals surface area contributed by atoms with E-state index >= 15 is 0 Å². The number of benzene rings is 1. The largest absolute Gasteiger partial charge is 0.269 e. The standard InChI is InChI=1S/C6H5F.C2H6.FH/c7-6-4-2-1-3-5-6;1-2;/h1-5H;1-2H3;1H. The fourth-order valence-corrected chi connectivity index (χ4v) is 0.415. The van der Waals surface area contributed by atoms with Crippen molar-refractivity contribution in [2.24, 2.45) is 0 Å². The highest BCUT2D eigenvalue weighted by Gasteiger charge is 1.77. The van der Waals surface area contributed by atoms with Crippen LogP contribution in [0.4, 0.5) is 9.09 Å². The quantitative estimate of drug-likeness (QED) is 0.527. The highest BCUT2D eigenvalue weighted by molar-refractivity contribution is 5.02. The molecule has 1 aromatic rings. The molecule has 0 heterocycles. The lowest BCUT2D eigenvalue weighted by Gasteiger charge is -1.78. The molecule has 0 atom stereocenters. The Bertz CT molecular complexity index is 137. The van der Waals surface area contributed by atoms with E-state index in [0.717, 1.165) is 0 Å². The summed E-state index contributed by atoms with van der Waals surface area (Å²) in [6, 6.07) is 7.94. The fourth-order valence-electron chi connectivity index (χ4n) is 0.415. The van der Waals surface area contributed by atoms with Gasteiger partial charge in [0.2, 0.25) is 0 Å². The van der Waals surface area contributed by atoms with Crippen LogP contribution in [0.5, 0.6) is 0 Å². The predicted octanol–water partition coefficient (Wildman–Crippen LogP) is 3.00. The topological polar surface area (TPSA) is 0 Å². The van der Waals surface area contributed by atoms with Crippen LogP contribution >= 0.6 is 0 Å². The summed E-state index contributed by atoms with van der Waals surface area (Å²) in [5.41, 5.74) is 0. The average molecular weight is 146 g/mol. The van der Waals surface area contributed by atoms with Crippen LogP contribution in [-0.4, -0.2) is 0 Å². The van der Waals surface area contributed by atoms with Crippen molar-refractivity contribution < 1.29 is 9.09 Å². The van der Waals surface area contributed by atoms with Crippen LogP contribution in [0, 0.1) is 5.82 Å². The van der Waals surface area contributed by atoms with Gasteiger partial charge in [-0.05, 0) is 12.1 Å². The first-order chi connectivity index (χ1) is 4.39. The summed E-state index contributed by atoms with van der Waals surface area (Å²) in [5, 5.41) is 0. The van der Waals surface area contributed by atoms with Crippen LogP contribution < -0.4 is 0 Å². The first-order valence-corrected chi connectivity index (χ1v) is 3.10. The van der Waals surface area contributed by atoms with E-state index in [2.05, 4.69) is 0 Å². The van der Waals surface area contributed by atoms with Crippen molar-refractivity contribution in [1.82, 2.24) is 0 Å². The molecule has 0 saturated heterocycles. The van der Waals surface area contributed by atoms with E-state index in [1.807, 2.05) is 13.8 Å². The number of rotatable bonds is 0. The zero-order chi connectivity index (χ0) is 7.11. The van der Waals surface area contributed by atoms with Gasteiger partial charge in [0.15, 0.2) is 0 Å². The third-order valence-corrected chi connectivity index (χ3v) is 0.733. The third-order valence-electron chi connectivity index (χ3n) is 0.733. The molecule has 0 aliphatic heterocycles. The second kappa shape index (κ2) is 8.08. The van der Waals surface area contributed by atoms with Crippen molar-refractivity contribution in [3.8, 4) is 0 Å². The van der Waals surface area contributed by atoms with Crippen molar-refractivity contribution in [2.75, 3.05) is 0 Å².